The summed E-state index contributed by atoms with van der Waals surface area (Å²) >= 11 is 0. The molecule has 0 aromatic heterocycles. The van der Waals surface area contributed by atoms with E-state index in [1.54, 1.807) is 12.1 Å². The van der Waals surface area contributed by atoms with E-state index in [4.69, 9.17) is 14.2 Å². The first-order chi connectivity index (χ1) is 8.65. The second-order valence-corrected chi connectivity index (χ2v) is 4.13. The zero-order valence-corrected chi connectivity index (χ0v) is 9.64. The second kappa shape index (κ2) is 3.90. The molecule has 1 saturated heterocycles. The molecule has 2 aliphatic heterocycles. The van der Waals surface area contributed by atoms with E-state index < -0.39 is 12.1 Å². The van der Waals surface area contributed by atoms with Crippen molar-refractivity contribution in [3.63, 3.8) is 0 Å². The molecule has 0 bridgehead atoms. The lowest BCUT2D eigenvalue weighted by atomic mass is 9.93. The molecule has 94 valence electrons. The molecule has 0 radical (unpaired) electrons. The molecule has 0 saturated carbocycles. The number of ether oxygens (including phenoxy) is 3. The van der Waals surface area contributed by atoms with Gasteiger partial charge in [0.25, 0.3) is 5.91 Å². The van der Waals surface area contributed by atoms with Crippen LogP contribution in [0.1, 0.15) is 18.5 Å². The molecule has 2 heterocycles. The highest BCUT2D eigenvalue weighted by atomic mass is 16.7. The van der Waals surface area contributed by atoms with Gasteiger partial charge < -0.3 is 19.5 Å². The first kappa shape index (κ1) is 10.9. The van der Waals surface area contributed by atoms with Crippen molar-refractivity contribution in [1.29, 1.82) is 0 Å². The number of benzene rings is 1. The highest BCUT2D eigenvalue weighted by molar-refractivity contribution is 5.90. The third-order valence-corrected chi connectivity index (χ3v) is 2.91. The minimum atomic E-state index is -0.761. The molecular weight excluding hydrogens is 238 g/mol. The van der Waals surface area contributed by atoms with Crippen LogP contribution in [0.2, 0.25) is 0 Å². The Kier molecular flexibility index (Phi) is 2.36. The third-order valence-electron chi connectivity index (χ3n) is 2.91. The lowest BCUT2D eigenvalue weighted by molar-refractivity contribution is -0.164. The van der Waals surface area contributed by atoms with Crippen molar-refractivity contribution in [1.82, 2.24) is 5.32 Å². The molecule has 1 aromatic rings. The molecule has 0 aliphatic carbocycles. The normalized spacial score (nSPS) is 24.2. The van der Waals surface area contributed by atoms with Crippen LogP contribution in [-0.2, 0) is 14.3 Å². The largest absolute Gasteiger partial charge is 0.454 e. The summed E-state index contributed by atoms with van der Waals surface area (Å²) in [6.07, 6.45) is -0.761. The summed E-state index contributed by atoms with van der Waals surface area (Å²) in [5, 5.41) is 2.69. The van der Waals surface area contributed by atoms with Gasteiger partial charge in [-0.1, -0.05) is 6.07 Å². The number of amides is 1. The Balaban J connectivity index is 1.82. The molecule has 1 amide bonds. The van der Waals surface area contributed by atoms with E-state index in [0.29, 0.717) is 11.5 Å². The predicted octanol–water partition coefficient (Wildman–Crippen LogP) is 0.518. The molecule has 1 aromatic carbocycles. The number of carbonyl (C=O) groups excluding carboxylic acids is 2. The number of rotatable bonds is 2. The Hall–Kier alpha value is -2.24. The summed E-state index contributed by atoms with van der Waals surface area (Å²) in [6.45, 7) is 1.48. The number of carbonyl (C=O) groups is 2. The SMILES string of the molecule is CC(=O)O[C@@H]1C(=O)N[C@H]1c1ccc2c(c1)OCO2. The van der Waals surface area contributed by atoms with Crippen LogP contribution in [-0.4, -0.2) is 24.8 Å². The molecule has 3 rings (SSSR count). The summed E-state index contributed by atoms with van der Waals surface area (Å²) in [5.74, 6) is 0.553. The van der Waals surface area contributed by atoms with E-state index in [1.165, 1.54) is 6.92 Å². The van der Waals surface area contributed by atoms with Gasteiger partial charge in [-0.15, -0.1) is 0 Å². The summed E-state index contributed by atoms with van der Waals surface area (Å²) in [5.41, 5.74) is 0.824. The summed E-state index contributed by atoms with van der Waals surface area (Å²) < 4.78 is 15.4. The van der Waals surface area contributed by atoms with E-state index in [-0.39, 0.29) is 18.7 Å². The minimum absolute atomic E-state index is 0.198. The molecule has 18 heavy (non-hydrogen) atoms. The molecule has 6 heteroatoms. The van der Waals surface area contributed by atoms with Crippen LogP contribution in [0.5, 0.6) is 11.5 Å². The lowest BCUT2D eigenvalue weighted by Crippen LogP contribution is -2.57. The van der Waals surface area contributed by atoms with Crippen LogP contribution in [0.4, 0.5) is 0 Å². The molecule has 0 spiro atoms. The van der Waals surface area contributed by atoms with Gasteiger partial charge in [0.1, 0.15) is 6.04 Å². The van der Waals surface area contributed by atoms with Gasteiger partial charge in [-0.2, -0.15) is 0 Å². The van der Waals surface area contributed by atoms with Gasteiger partial charge in [0.15, 0.2) is 11.5 Å². The van der Waals surface area contributed by atoms with Crippen LogP contribution < -0.4 is 14.8 Å². The highest BCUT2D eigenvalue weighted by Crippen LogP contribution is 2.37. The van der Waals surface area contributed by atoms with Crippen molar-refractivity contribution in [2.45, 2.75) is 19.1 Å². The molecule has 0 unspecified atom stereocenters. The molecule has 2 atom stereocenters. The average Bonchev–Trinajstić information content (AvgIpc) is 2.80. The number of nitrogens with one attached hydrogen (secondary N) is 1. The zero-order valence-electron chi connectivity index (χ0n) is 9.64. The molecule has 1 fully saturated rings. The standard InChI is InChI=1S/C12H11NO5/c1-6(14)18-11-10(13-12(11)15)7-2-3-8-9(4-7)17-5-16-8/h2-4,10-11H,5H2,1H3,(H,13,15)/t10-,11-/m0/s1. The predicted molar refractivity (Wildman–Crippen MR) is 59.0 cm³/mol. The van der Waals surface area contributed by atoms with Gasteiger partial charge in [-0.25, -0.2) is 0 Å². The van der Waals surface area contributed by atoms with Gasteiger partial charge in [-0.3, -0.25) is 9.59 Å². The Bertz CT molecular complexity index is 527. The third kappa shape index (κ3) is 1.66. The van der Waals surface area contributed by atoms with E-state index in [9.17, 15) is 9.59 Å². The van der Waals surface area contributed by atoms with Gasteiger partial charge in [0, 0.05) is 6.92 Å². The highest BCUT2D eigenvalue weighted by Gasteiger charge is 2.43. The monoisotopic (exact) mass is 249 g/mol. The van der Waals surface area contributed by atoms with Crippen molar-refractivity contribution in [2.24, 2.45) is 0 Å². The first-order valence-corrected chi connectivity index (χ1v) is 5.52. The smallest absolute Gasteiger partial charge is 0.303 e. The zero-order chi connectivity index (χ0) is 12.7. The fraction of sp³-hybridized carbons (Fsp3) is 0.333. The summed E-state index contributed by atoms with van der Waals surface area (Å²) in [7, 11) is 0. The summed E-state index contributed by atoms with van der Waals surface area (Å²) in [4.78, 5) is 22.2. The van der Waals surface area contributed by atoms with Crippen molar-refractivity contribution in [3.8, 4) is 11.5 Å². The maximum Gasteiger partial charge on any atom is 0.303 e. The molecule has 6 nitrogen and oxygen atoms in total. The lowest BCUT2D eigenvalue weighted by Gasteiger charge is -2.35. The second-order valence-electron chi connectivity index (χ2n) is 4.13. The van der Waals surface area contributed by atoms with E-state index >= 15 is 0 Å². The van der Waals surface area contributed by atoms with Gasteiger partial charge in [0.05, 0.1) is 0 Å². The number of fused-ring (bicyclic) bond motifs is 1. The van der Waals surface area contributed by atoms with Crippen molar-refractivity contribution >= 4 is 11.9 Å². The Morgan fingerprint density at radius 3 is 2.89 bits per heavy atom. The Morgan fingerprint density at radius 2 is 2.17 bits per heavy atom. The number of β-lactam (4-membered cyclic amide) rings is 1. The van der Waals surface area contributed by atoms with Gasteiger partial charge in [-0.05, 0) is 17.7 Å². The molecule has 1 N–H and O–H groups in total. The van der Waals surface area contributed by atoms with E-state index in [2.05, 4.69) is 5.32 Å². The van der Waals surface area contributed by atoms with Crippen LogP contribution in [0.3, 0.4) is 0 Å². The summed E-state index contributed by atoms with van der Waals surface area (Å²) in [6, 6.07) is 5.04. The molecular formula is C12H11NO5. The van der Waals surface area contributed by atoms with Crippen LogP contribution >= 0.6 is 0 Å². The molecule has 2 aliphatic rings. The fourth-order valence-corrected chi connectivity index (χ4v) is 2.03. The van der Waals surface area contributed by atoms with Crippen molar-refractivity contribution in [2.75, 3.05) is 6.79 Å². The maximum atomic E-state index is 11.3. The first-order valence-electron chi connectivity index (χ1n) is 5.52. The van der Waals surface area contributed by atoms with Crippen LogP contribution in [0.25, 0.3) is 0 Å². The topological polar surface area (TPSA) is 73.9 Å². The van der Waals surface area contributed by atoms with E-state index in [0.717, 1.165) is 5.56 Å². The van der Waals surface area contributed by atoms with Gasteiger partial charge >= 0.3 is 5.97 Å². The number of esters is 1. The minimum Gasteiger partial charge on any atom is -0.454 e. The van der Waals surface area contributed by atoms with E-state index in [1.807, 2.05) is 6.07 Å². The van der Waals surface area contributed by atoms with Gasteiger partial charge in [0.2, 0.25) is 12.9 Å². The fourth-order valence-electron chi connectivity index (χ4n) is 2.03. The van der Waals surface area contributed by atoms with Crippen LogP contribution in [0, 0.1) is 0 Å². The van der Waals surface area contributed by atoms with Crippen LogP contribution in [0.15, 0.2) is 18.2 Å². The Morgan fingerprint density at radius 1 is 1.39 bits per heavy atom. The van der Waals surface area contributed by atoms with Crippen molar-refractivity contribution in [3.05, 3.63) is 23.8 Å². The quantitative estimate of drug-likeness (QED) is 0.611. The number of hydrogen-bond acceptors (Lipinski definition) is 5. The van der Waals surface area contributed by atoms with Crippen molar-refractivity contribution < 1.29 is 23.8 Å². The average molecular weight is 249 g/mol. The Labute approximate surface area is 103 Å². The maximum absolute atomic E-state index is 11.3. The number of hydrogen-bond donors (Lipinski definition) is 1.